The second kappa shape index (κ2) is 6.31. The topological polar surface area (TPSA) is 80.9 Å². The van der Waals surface area contributed by atoms with Crippen molar-refractivity contribution in [3.63, 3.8) is 0 Å². The van der Waals surface area contributed by atoms with Gasteiger partial charge >= 0.3 is 0 Å². The monoisotopic (exact) mass is 390 g/mol. The van der Waals surface area contributed by atoms with E-state index < -0.39 is 0 Å². The van der Waals surface area contributed by atoms with Gasteiger partial charge in [0.1, 0.15) is 0 Å². The van der Waals surface area contributed by atoms with E-state index in [-0.39, 0.29) is 5.56 Å². The van der Waals surface area contributed by atoms with Gasteiger partial charge < -0.3 is 4.98 Å². The Morgan fingerprint density at radius 1 is 1.07 bits per heavy atom. The Balaban J connectivity index is 1.62. The lowest BCUT2D eigenvalue weighted by Crippen LogP contribution is -2.14. The quantitative estimate of drug-likeness (QED) is 0.508. The summed E-state index contributed by atoms with van der Waals surface area (Å²) in [5, 5.41) is 10.3. The van der Waals surface area contributed by atoms with Crippen molar-refractivity contribution in [1.29, 1.82) is 0 Å². The maximum absolute atomic E-state index is 12.6. The average Bonchev–Trinajstić information content (AvgIpc) is 3.32. The van der Waals surface area contributed by atoms with E-state index in [4.69, 9.17) is 11.6 Å². The minimum absolute atomic E-state index is 0.249. The third kappa shape index (κ3) is 2.68. The SMILES string of the molecule is CCn1ncc2cc(-c3cc(=O)n4nc(-c5ccc(Cl)cc5)nc4[nH]3)ccc21. The largest absolute Gasteiger partial charge is 0.323 e. The molecule has 0 amide bonds. The highest BCUT2D eigenvalue weighted by atomic mass is 35.5. The first kappa shape index (κ1) is 16.7. The molecule has 0 saturated heterocycles. The number of halogens is 1. The van der Waals surface area contributed by atoms with Crippen LogP contribution in [0.4, 0.5) is 0 Å². The molecule has 5 rings (SSSR count). The van der Waals surface area contributed by atoms with Gasteiger partial charge in [0.05, 0.1) is 17.4 Å². The molecular formula is C20H15ClN6O. The number of fused-ring (bicyclic) bond motifs is 2. The summed E-state index contributed by atoms with van der Waals surface area (Å²) in [5.74, 6) is 0.846. The van der Waals surface area contributed by atoms with Crippen LogP contribution >= 0.6 is 11.6 Å². The number of aromatic amines is 1. The van der Waals surface area contributed by atoms with Crippen LogP contribution in [0.1, 0.15) is 6.92 Å². The highest BCUT2D eigenvalue weighted by Gasteiger charge is 2.12. The van der Waals surface area contributed by atoms with Crippen molar-refractivity contribution in [2.45, 2.75) is 13.5 Å². The molecule has 3 aromatic heterocycles. The Hall–Kier alpha value is -3.45. The third-order valence-corrected chi connectivity index (χ3v) is 4.94. The van der Waals surface area contributed by atoms with Gasteiger partial charge in [-0.2, -0.15) is 14.6 Å². The molecule has 0 atom stereocenters. The average molecular weight is 391 g/mol. The van der Waals surface area contributed by atoms with E-state index in [9.17, 15) is 4.79 Å². The zero-order valence-electron chi connectivity index (χ0n) is 14.9. The predicted octanol–water partition coefficient (Wildman–Crippen LogP) is 3.77. The molecule has 0 saturated carbocycles. The first-order valence-corrected chi connectivity index (χ1v) is 9.22. The minimum Gasteiger partial charge on any atom is -0.323 e. The Morgan fingerprint density at radius 3 is 2.64 bits per heavy atom. The molecule has 0 aliphatic rings. The van der Waals surface area contributed by atoms with Gasteiger partial charge in [-0.1, -0.05) is 17.7 Å². The molecule has 0 aliphatic heterocycles. The molecule has 1 N–H and O–H groups in total. The summed E-state index contributed by atoms with van der Waals surface area (Å²) in [6, 6.07) is 14.7. The lowest BCUT2D eigenvalue weighted by molar-refractivity contribution is 0.684. The Kier molecular flexibility index (Phi) is 3.77. The van der Waals surface area contributed by atoms with Gasteiger partial charge in [-0.05, 0) is 48.9 Å². The Labute approximate surface area is 164 Å². The molecule has 7 nitrogen and oxygen atoms in total. The van der Waals surface area contributed by atoms with Crippen LogP contribution in [-0.4, -0.2) is 29.4 Å². The van der Waals surface area contributed by atoms with Crippen molar-refractivity contribution in [3.8, 4) is 22.6 Å². The first-order chi connectivity index (χ1) is 13.6. The van der Waals surface area contributed by atoms with Crippen LogP contribution in [0.3, 0.4) is 0 Å². The van der Waals surface area contributed by atoms with Crippen LogP contribution in [0, 0.1) is 0 Å². The second-order valence-corrected chi connectivity index (χ2v) is 6.87. The predicted molar refractivity (Wildman–Crippen MR) is 108 cm³/mol. The fraction of sp³-hybridized carbons (Fsp3) is 0.100. The number of rotatable bonds is 3. The number of benzene rings is 2. The van der Waals surface area contributed by atoms with Crippen molar-refractivity contribution in [3.05, 3.63) is 70.1 Å². The molecule has 3 heterocycles. The number of aryl methyl sites for hydroxylation is 1. The summed E-state index contributed by atoms with van der Waals surface area (Å²) in [4.78, 5) is 20.3. The van der Waals surface area contributed by atoms with Crippen LogP contribution in [0.5, 0.6) is 0 Å². The Bertz CT molecular complexity index is 1380. The highest BCUT2D eigenvalue weighted by Crippen LogP contribution is 2.23. The molecule has 0 radical (unpaired) electrons. The maximum Gasteiger partial charge on any atom is 0.276 e. The fourth-order valence-corrected chi connectivity index (χ4v) is 3.40. The van der Waals surface area contributed by atoms with E-state index in [0.717, 1.165) is 28.6 Å². The lowest BCUT2D eigenvalue weighted by atomic mass is 10.1. The van der Waals surface area contributed by atoms with Gasteiger partial charge in [-0.25, -0.2) is 0 Å². The van der Waals surface area contributed by atoms with Gasteiger partial charge in [-0.15, -0.1) is 5.10 Å². The van der Waals surface area contributed by atoms with Gasteiger partial charge in [0.15, 0.2) is 5.82 Å². The summed E-state index contributed by atoms with van der Waals surface area (Å²) in [6.07, 6.45) is 1.83. The molecule has 2 aromatic carbocycles. The van der Waals surface area contributed by atoms with Gasteiger partial charge in [-0.3, -0.25) is 9.48 Å². The molecule has 0 aliphatic carbocycles. The minimum atomic E-state index is -0.249. The summed E-state index contributed by atoms with van der Waals surface area (Å²) < 4.78 is 3.20. The van der Waals surface area contributed by atoms with E-state index in [2.05, 4.69) is 27.1 Å². The number of H-pyrrole nitrogens is 1. The molecular weight excluding hydrogens is 376 g/mol. The van der Waals surface area contributed by atoms with Gasteiger partial charge in [0, 0.05) is 28.6 Å². The molecule has 8 heteroatoms. The van der Waals surface area contributed by atoms with Crippen LogP contribution in [0.15, 0.2) is 59.5 Å². The first-order valence-electron chi connectivity index (χ1n) is 8.84. The molecule has 0 bridgehead atoms. The smallest absolute Gasteiger partial charge is 0.276 e. The van der Waals surface area contributed by atoms with Crippen LogP contribution in [0.2, 0.25) is 5.02 Å². The standard InChI is InChI=1S/C20H15ClN6O/c1-2-26-17-8-5-13(9-14(17)11-22-26)16-10-18(28)27-20(23-16)24-19(25-27)12-3-6-15(21)7-4-12/h3-11H,2H2,1H3,(H,23,24,25). The van der Waals surface area contributed by atoms with E-state index >= 15 is 0 Å². The van der Waals surface area contributed by atoms with E-state index in [1.54, 1.807) is 12.1 Å². The molecule has 28 heavy (non-hydrogen) atoms. The summed E-state index contributed by atoms with van der Waals surface area (Å²) in [6.45, 7) is 2.86. The zero-order chi connectivity index (χ0) is 19.3. The number of hydrogen-bond acceptors (Lipinski definition) is 4. The number of aromatic nitrogens is 6. The summed E-state index contributed by atoms with van der Waals surface area (Å²) >= 11 is 5.94. The maximum atomic E-state index is 12.6. The third-order valence-electron chi connectivity index (χ3n) is 4.68. The van der Waals surface area contributed by atoms with Crippen LogP contribution < -0.4 is 5.56 Å². The fourth-order valence-electron chi connectivity index (χ4n) is 3.27. The lowest BCUT2D eigenvalue weighted by Gasteiger charge is -2.03. The normalized spacial score (nSPS) is 11.5. The number of nitrogens with zero attached hydrogens (tertiary/aromatic N) is 5. The van der Waals surface area contributed by atoms with Gasteiger partial charge in [0.2, 0.25) is 5.78 Å². The summed E-state index contributed by atoms with van der Waals surface area (Å²) in [7, 11) is 0. The molecule has 138 valence electrons. The molecule has 0 fully saturated rings. The van der Waals surface area contributed by atoms with E-state index in [0.29, 0.717) is 22.3 Å². The number of hydrogen-bond donors (Lipinski definition) is 1. The van der Waals surface area contributed by atoms with Crippen molar-refractivity contribution >= 4 is 28.3 Å². The highest BCUT2D eigenvalue weighted by molar-refractivity contribution is 6.30. The zero-order valence-corrected chi connectivity index (χ0v) is 15.7. The number of nitrogens with one attached hydrogen (secondary N) is 1. The van der Waals surface area contributed by atoms with E-state index in [1.165, 1.54) is 10.6 Å². The van der Waals surface area contributed by atoms with Crippen molar-refractivity contribution in [1.82, 2.24) is 29.4 Å². The molecule has 0 unspecified atom stereocenters. The van der Waals surface area contributed by atoms with Gasteiger partial charge in [0.25, 0.3) is 5.56 Å². The van der Waals surface area contributed by atoms with Crippen molar-refractivity contribution in [2.24, 2.45) is 0 Å². The van der Waals surface area contributed by atoms with Crippen molar-refractivity contribution < 1.29 is 0 Å². The van der Waals surface area contributed by atoms with Crippen molar-refractivity contribution in [2.75, 3.05) is 0 Å². The second-order valence-electron chi connectivity index (χ2n) is 6.43. The molecule has 0 spiro atoms. The summed E-state index contributed by atoms with van der Waals surface area (Å²) in [5.41, 5.74) is 3.16. The molecule has 5 aromatic rings. The van der Waals surface area contributed by atoms with E-state index in [1.807, 2.05) is 41.2 Å². The van der Waals surface area contributed by atoms with Crippen LogP contribution in [-0.2, 0) is 6.54 Å². The van der Waals surface area contributed by atoms with Crippen LogP contribution in [0.25, 0.3) is 39.3 Å². The Morgan fingerprint density at radius 2 is 1.86 bits per heavy atom.